The Hall–Kier alpha value is -1.91. The monoisotopic (exact) mass is 454 g/mol. The van der Waals surface area contributed by atoms with Gasteiger partial charge in [-0.1, -0.05) is 11.6 Å². The molecule has 2 heterocycles. The number of carboxylic acid groups (broad SMARTS) is 1. The second-order valence-corrected chi connectivity index (χ2v) is 7.65. The minimum absolute atomic E-state index is 0.0431. The minimum Gasteiger partial charge on any atom is -0.475 e. The third-order valence-corrected chi connectivity index (χ3v) is 5.56. The van der Waals surface area contributed by atoms with Crippen LogP contribution in [0, 0.1) is 5.82 Å². The van der Waals surface area contributed by atoms with Crippen LogP contribution in [0.1, 0.15) is 29.6 Å². The normalized spacial score (nSPS) is 21.6. The van der Waals surface area contributed by atoms with Gasteiger partial charge in [0.25, 0.3) is 5.91 Å². The topological polar surface area (TPSA) is 70.1 Å². The molecule has 30 heavy (non-hydrogen) atoms. The van der Waals surface area contributed by atoms with Crippen molar-refractivity contribution in [2.75, 3.05) is 39.9 Å². The van der Waals surface area contributed by atoms with E-state index >= 15 is 0 Å². The number of piperidine rings is 1. The van der Waals surface area contributed by atoms with Crippen LogP contribution in [0.5, 0.6) is 0 Å². The van der Waals surface area contributed by atoms with Crippen LogP contribution in [-0.2, 0) is 9.53 Å². The Morgan fingerprint density at radius 2 is 1.93 bits per heavy atom. The summed E-state index contributed by atoms with van der Waals surface area (Å²) in [4.78, 5) is 25.8. The van der Waals surface area contributed by atoms with E-state index in [0.29, 0.717) is 24.7 Å². The molecule has 6 nitrogen and oxygen atoms in total. The number of likely N-dealkylation sites (tertiary alicyclic amines) is 2. The molecule has 168 valence electrons. The zero-order chi connectivity index (χ0) is 22.5. The van der Waals surface area contributed by atoms with Gasteiger partial charge in [-0.3, -0.25) is 9.69 Å². The van der Waals surface area contributed by atoms with Crippen molar-refractivity contribution in [2.45, 2.75) is 31.0 Å². The number of alkyl halides is 3. The van der Waals surface area contributed by atoms with Crippen LogP contribution in [0.2, 0.25) is 5.02 Å². The van der Waals surface area contributed by atoms with Crippen LogP contribution >= 0.6 is 11.6 Å². The standard InChI is InChI=1S/C17H22ClFN2O2.C2HF3O2/c1-23-10-9-21-8-6-17(21)5-2-7-20(12-17)16(22)14-11-13(18)3-4-15(14)19;3-2(4,5)1(6)7/h3-4,11H,2,5-10,12H2,1H3;(H,6,7). The largest absolute Gasteiger partial charge is 0.490 e. The Morgan fingerprint density at radius 3 is 2.47 bits per heavy atom. The van der Waals surface area contributed by atoms with Crippen LogP contribution in [0.25, 0.3) is 0 Å². The van der Waals surface area contributed by atoms with E-state index in [1.54, 1.807) is 12.0 Å². The van der Waals surface area contributed by atoms with Gasteiger partial charge in [0.05, 0.1) is 12.2 Å². The molecular formula is C19H23ClF4N2O4. The van der Waals surface area contributed by atoms with E-state index in [2.05, 4.69) is 4.90 Å². The number of carbonyl (C=O) groups excluding carboxylic acids is 1. The molecule has 0 radical (unpaired) electrons. The molecule has 1 aromatic carbocycles. The lowest BCUT2D eigenvalue weighted by molar-refractivity contribution is -0.192. The molecule has 0 bridgehead atoms. The molecule has 2 saturated heterocycles. The van der Waals surface area contributed by atoms with Gasteiger partial charge in [-0.05, 0) is 37.5 Å². The molecule has 1 aromatic rings. The lowest BCUT2D eigenvalue weighted by atomic mass is 9.77. The van der Waals surface area contributed by atoms with Crippen molar-refractivity contribution in [3.05, 3.63) is 34.6 Å². The molecule has 1 spiro atoms. The van der Waals surface area contributed by atoms with Gasteiger partial charge in [-0.25, -0.2) is 9.18 Å². The fourth-order valence-corrected chi connectivity index (χ4v) is 3.89. The van der Waals surface area contributed by atoms with E-state index < -0.39 is 18.0 Å². The molecule has 3 rings (SSSR count). The minimum atomic E-state index is -5.08. The van der Waals surface area contributed by atoms with Gasteiger partial charge in [-0.15, -0.1) is 0 Å². The first kappa shape index (κ1) is 24.4. The molecule has 2 aliphatic heterocycles. The van der Waals surface area contributed by atoms with Crippen molar-refractivity contribution in [3.63, 3.8) is 0 Å². The van der Waals surface area contributed by atoms with E-state index in [4.69, 9.17) is 26.2 Å². The van der Waals surface area contributed by atoms with E-state index in [0.717, 1.165) is 32.4 Å². The molecule has 2 aliphatic rings. The van der Waals surface area contributed by atoms with Gasteiger partial charge in [-0.2, -0.15) is 13.2 Å². The first-order valence-corrected chi connectivity index (χ1v) is 9.66. The number of carbonyl (C=O) groups is 2. The average molecular weight is 455 g/mol. The number of ether oxygens (including phenoxy) is 1. The number of nitrogens with zero attached hydrogens (tertiary/aromatic N) is 2. The highest BCUT2D eigenvalue weighted by Gasteiger charge is 2.47. The van der Waals surface area contributed by atoms with Crippen LogP contribution in [0.3, 0.4) is 0 Å². The molecular weight excluding hydrogens is 432 g/mol. The quantitative estimate of drug-likeness (QED) is 0.706. The number of methoxy groups -OCH3 is 1. The number of halogens is 5. The average Bonchev–Trinajstić information content (AvgIpc) is 2.68. The number of carboxylic acids is 1. The summed E-state index contributed by atoms with van der Waals surface area (Å²) in [5.74, 6) is -3.53. The molecule has 1 unspecified atom stereocenters. The highest BCUT2D eigenvalue weighted by atomic mass is 35.5. The first-order valence-electron chi connectivity index (χ1n) is 9.28. The lowest BCUT2D eigenvalue weighted by Gasteiger charge is -2.57. The Labute approximate surface area is 176 Å². The van der Waals surface area contributed by atoms with Crippen molar-refractivity contribution < 1.29 is 37.0 Å². The van der Waals surface area contributed by atoms with Crippen molar-refractivity contribution in [3.8, 4) is 0 Å². The van der Waals surface area contributed by atoms with Gasteiger partial charge < -0.3 is 14.7 Å². The fraction of sp³-hybridized carbons (Fsp3) is 0.579. The number of hydrogen-bond donors (Lipinski definition) is 1. The lowest BCUT2D eigenvalue weighted by Crippen LogP contribution is -2.67. The summed E-state index contributed by atoms with van der Waals surface area (Å²) in [7, 11) is 1.70. The van der Waals surface area contributed by atoms with Crippen LogP contribution in [-0.4, -0.2) is 78.4 Å². The molecule has 0 saturated carbocycles. The summed E-state index contributed by atoms with van der Waals surface area (Å²) in [5.41, 5.74) is 0.110. The Bertz CT molecular complexity index is 777. The zero-order valence-corrected chi connectivity index (χ0v) is 17.1. The van der Waals surface area contributed by atoms with Crippen molar-refractivity contribution in [1.29, 1.82) is 0 Å². The van der Waals surface area contributed by atoms with Gasteiger partial charge in [0.1, 0.15) is 5.82 Å². The number of rotatable bonds is 4. The van der Waals surface area contributed by atoms with Gasteiger partial charge in [0, 0.05) is 43.9 Å². The summed E-state index contributed by atoms with van der Waals surface area (Å²) >= 11 is 5.92. The molecule has 1 amide bonds. The Morgan fingerprint density at radius 1 is 1.27 bits per heavy atom. The number of amides is 1. The van der Waals surface area contributed by atoms with Crippen molar-refractivity contribution in [1.82, 2.24) is 9.80 Å². The molecule has 2 fully saturated rings. The maximum Gasteiger partial charge on any atom is 0.490 e. The van der Waals surface area contributed by atoms with Gasteiger partial charge in [0.15, 0.2) is 0 Å². The Balaban J connectivity index is 0.000000396. The molecule has 11 heteroatoms. The Kier molecular flexibility index (Phi) is 8.06. The van der Waals surface area contributed by atoms with Crippen LogP contribution < -0.4 is 0 Å². The maximum atomic E-state index is 14.0. The second-order valence-electron chi connectivity index (χ2n) is 7.21. The molecule has 0 aliphatic carbocycles. The summed E-state index contributed by atoms with van der Waals surface area (Å²) in [6.07, 6.45) is -1.98. The van der Waals surface area contributed by atoms with Crippen LogP contribution in [0.15, 0.2) is 18.2 Å². The van der Waals surface area contributed by atoms with Crippen molar-refractivity contribution in [2.24, 2.45) is 0 Å². The SMILES string of the molecule is COCCN1CCC12CCCN(C(=O)c1cc(Cl)ccc1F)C2.O=C(O)C(F)(F)F. The van der Waals surface area contributed by atoms with E-state index in [1.807, 2.05) is 0 Å². The predicted molar refractivity (Wildman–Crippen MR) is 101 cm³/mol. The van der Waals surface area contributed by atoms with Crippen molar-refractivity contribution >= 4 is 23.5 Å². The predicted octanol–water partition coefficient (Wildman–Crippen LogP) is 3.44. The highest BCUT2D eigenvalue weighted by Crippen LogP contribution is 2.38. The number of aliphatic carboxylic acids is 1. The third-order valence-electron chi connectivity index (χ3n) is 5.33. The summed E-state index contributed by atoms with van der Waals surface area (Å²) < 4.78 is 50.9. The molecule has 0 aromatic heterocycles. The number of benzene rings is 1. The van der Waals surface area contributed by atoms with Gasteiger partial charge >= 0.3 is 12.1 Å². The molecule has 1 N–H and O–H groups in total. The van der Waals surface area contributed by atoms with E-state index in [9.17, 15) is 22.4 Å². The first-order chi connectivity index (χ1) is 14.0. The summed E-state index contributed by atoms with van der Waals surface area (Å²) in [5, 5.41) is 7.51. The number of hydrogen-bond acceptors (Lipinski definition) is 4. The summed E-state index contributed by atoms with van der Waals surface area (Å²) in [6, 6.07) is 4.14. The maximum absolute atomic E-state index is 14.0. The third kappa shape index (κ3) is 5.83. The van der Waals surface area contributed by atoms with Gasteiger partial charge in [0.2, 0.25) is 0 Å². The zero-order valence-electron chi connectivity index (χ0n) is 16.3. The highest BCUT2D eigenvalue weighted by molar-refractivity contribution is 6.31. The summed E-state index contributed by atoms with van der Waals surface area (Å²) in [6.45, 7) is 3.94. The van der Waals surface area contributed by atoms with E-state index in [1.165, 1.54) is 18.2 Å². The second kappa shape index (κ2) is 9.93. The fourth-order valence-electron chi connectivity index (χ4n) is 3.72. The van der Waals surface area contributed by atoms with E-state index in [-0.39, 0.29) is 17.0 Å². The molecule has 1 atom stereocenters. The smallest absolute Gasteiger partial charge is 0.475 e. The van der Waals surface area contributed by atoms with Crippen LogP contribution in [0.4, 0.5) is 17.6 Å².